The third-order valence-electron chi connectivity index (χ3n) is 6.21. The van der Waals surface area contributed by atoms with Crippen LogP contribution in [0.5, 0.6) is 11.5 Å². The molecular formula is C25H25F6N5O3. The highest BCUT2D eigenvalue weighted by Gasteiger charge is 2.40. The average molecular weight is 557 g/mol. The second-order valence-electron chi connectivity index (χ2n) is 9.14. The summed E-state index contributed by atoms with van der Waals surface area (Å²) in [4.78, 5) is 17.6. The van der Waals surface area contributed by atoms with Gasteiger partial charge < -0.3 is 20.1 Å². The summed E-state index contributed by atoms with van der Waals surface area (Å²) in [5, 5.41) is 12.3. The zero-order valence-electron chi connectivity index (χ0n) is 20.6. The maximum atomic E-state index is 13.3. The van der Waals surface area contributed by atoms with E-state index in [9.17, 15) is 31.1 Å². The van der Waals surface area contributed by atoms with Gasteiger partial charge in [-0.1, -0.05) is 37.1 Å². The molecule has 1 saturated carbocycles. The quantitative estimate of drug-likeness (QED) is 0.312. The summed E-state index contributed by atoms with van der Waals surface area (Å²) >= 11 is 0. The molecule has 0 saturated heterocycles. The number of hydrogen-bond acceptors (Lipinski definition) is 5. The Bertz CT molecular complexity index is 1230. The smallest absolute Gasteiger partial charge is 0.406 e. The van der Waals surface area contributed by atoms with Gasteiger partial charge in [-0.25, -0.2) is 9.78 Å². The molecule has 14 heteroatoms. The van der Waals surface area contributed by atoms with Gasteiger partial charge in [-0.15, -0.1) is 26.3 Å². The molecule has 0 bridgehead atoms. The summed E-state index contributed by atoms with van der Waals surface area (Å²) < 4.78 is 86.4. The molecule has 2 amide bonds. The molecule has 0 spiro atoms. The predicted molar refractivity (Wildman–Crippen MR) is 126 cm³/mol. The number of benzene rings is 2. The fraction of sp³-hybridized carbons (Fsp3) is 0.400. The van der Waals surface area contributed by atoms with Crippen LogP contribution in [-0.4, -0.2) is 40.0 Å². The van der Waals surface area contributed by atoms with E-state index in [0.717, 1.165) is 49.9 Å². The second kappa shape index (κ2) is 11.0. The van der Waals surface area contributed by atoms with Crippen LogP contribution in [-0.2, 0) is 12.0 Å². The Morgan fingerprint density at radius 1 is 0.949 bits per heavy atom. The number of ether oxygens (including phenoxy) is 2. The van der Waals surface area contributed by atoms with Crippen LogP contribution in [0.15, 0.2) is 48.5 Å². The first-order valence-corrected chi connectivity index (χ1v) is 12.0. The van der Waals surface area contributed by atoms with E-state index in [0.29, 0.717) is 5.82 Å². The second-order valence-corrected chi connectivity index (χ2v) is 9.14. The molecule has 1 aromatic heterocycles. The number of aromatic nitrogens is 3. The van der Waals surface area contributed by atoms with E-state index in [1.807, 2.05) is 0 Å². The number of carbonyl (C=O) groups is 1. The van der Waals surface area contributed by atoms with Gasteiger partial charge in [0.05, 0.1) is 5.54 Å². The number of nitrogens with zero attached hydrogens (tertiary/aromatic N) is 2. The van der Waals surface area contributed by atoms with Crippen LogP contribution < -0.4 is 20.1 Å². The van der Waals surface area contributed by atoms with Crippen molar-refractivity contribution in [2.24, 2.45) is 0 Å². The predicted octanol–water partition coefficient (Wildman–Crippen LogP) is 5.64. The minimum absolute atomic E-state index is 0.0871. The van der Waals surface area contributed by atoms with Gasteiger partial charge in [-0.2, -0.15) is 5.10 Å². The molecule has 39 heavy (non-hydrogen) atoms. The molecule has 0 radical (unpaired) electrons. The standard InChI is InChI=1S/C25H25F6N5O3/c1-15-32-21(36-35-15)14-23(34-22(37)33-18-8-2-3-9-18,16-6-4-10-19(12-16)38-24(26,27)28)17-7-5-11-20(13-17)39-25(29,30)31/h4-7,10-13,18H,2-3,8-9,14H2,1H3,(H,32,35,36)(H2,33,34,37). The van der Waals surface area contributed by atoms with Gasteiger partial charge in [0.1, 0.15) is 23.1 Å². The number of aromatic amines is 1. The zero-order chi connectivity index (χ0) is 28.3. The fourth-order valence-corrected chi connectivity index (χ4v) is 4.68. The van der Waals surface area contributed by atoms with Crippen molar-refractivity contribution in [3.8, 4) is 11.5 Å². The summed E-state index contributed by atoms with van der Waals surface area (Å²) in [5.41, 5.74) is -1.56. The first-order valence-electron chi connectivity index (χ1n) is 12.0. The molecule has 4 rings (SSSR count). The maximum Gasteiger partial charge on any atom is 0.573 e. The van der Waals surface area contributed by atoms with Gasteiger partial charge in [-0.05, 0) is 55.2 Å². The van der Waals surface area contributed by atoms with Gasteiger partial charge in [0.15, 0.2) is 0 Å². The number of carbonyl (C=O) groups excluding carboxylic acids is 1. The first kappa shape index (κ1) is 28.0. The summed E-state index contributed by atoms with van der Waals surface area (Å²) in [7, 11) is 0. The molecule has 8 nitrogen and oxygen atoms in total. The van der Waals surface area contributed by atoms with E-state index in [2.05, 4.69) is 35.3 Å². The molecule has 2 aromatic carbocycles. The largest absolute Gasteiger partial charge is 0.573 e. The molecule has 210 valence electrons. The van der Waals surface area contributed by atoms with E-state index in [1.54, 1.807) is 6.92 Å². The highest BCUT2D eigenvalue weighted by Crippen LogP contribution is 2.38. The molecular weight excluding hydrogens is 532 g/mol. The molecule has 0 unspecified atom stereocenters. The molecule has 1 fully saturated rings. The number of H-pyrrole nitrogens is 1. The number of halogens is 6. The molecule has 3 N–H and O–H groups in total. The van der Waals surface area contributed by atoms with Crippen molar-refractivity contribution in [2.45, 2.75) is 63.3 Å². The van der Waals surface area contributed by atoms with Crippen molar-refractivity contribution in [3.05, 3.63) is 71.3 Å². The Morgan fingerprint density at radius 2 is 1.49 bits per heavy atom. The fourth-order valence-electron chi connectivity index (χ4n) is 4.68. The molecule has 1 heterocycles. The lowest BCUT2D eigenvalue weighted by atomic mass is 9.79. The summed E-state index contributed by atoms with van der Waals surface area (Å²) in [6.45, 7) is 1.59. The lowest BCUT2D eigenvalue weighted by Crippen LogP contribution is -2.53. The van der Waals surface area contributed by atoms with Crippen molar-refractivity contribution in [3.63, 3.8) is 0 Å². The number of rotatable bonds is 8. The molecule has 3 aromatic rings. The van der Waals surface area contributed by atoms with Crippen LogP contribution >= 0.6 is 0 Å². The minimum atomic E-state index is -5.00. The van der Waals surface area contributed by atoms with Crippen molar-refractivity contribution in [1.29, 1.82) is 0 Å². The lowest BCUT2D eigenvalue weighted by molar-refractivity contribution is -0.275. The normalized spacial score (nSPS) is 14.7. The van der Waals surface area contributed by atoms with E-state index >= 15 is 0 Å². The Balaban J connectivity index is 1.86. The van der Waals surface area contributed by atoms with E-state index in [1.165, 1.54) is 24.3 Å². The summed E-state index contributed by atoms with van der Waals surface area (Å²) in [6, 6.07) is 8.89. The van der Waals surface area contributed by atoms with Crippen molar-refractivity contribution >= 4 is 6.03 Å². The molecule has 0 atom stereocenters. The molecule has 1 aliphatic rings. The van der Waals surface area contributed by atoms with Crippen LogP contribution in [0.1, 0.15) is 48.5 Å². The Hall–Kier alpha value is -3.97. The number of alkyl halides is 6. The van der Waals surface area contributed by atoms with Crippen LogP contribution in [0, 0.1) is 6.92 Å². The number of nitrogens with one attached hydrogen (secondary N) is 3. The maximum absolute atomic E-state index is 13.3. The number of aryl methyl sites for hydroxylation is 1. The van der Waals surface area contributed by atoms with Crippen molar-refractivity contribution < 1.29 is 40.6 Å². The van der Waals surface area contributed by atoms with Gasteiger partial charge >= 0.3 is 18.8 Å². The third kappa shape index (κ3) is 7.54. The third-order valence-corrected chi connectivity index (χ3v) is 6.21. The average Bonchev–Trinajstić information content (AvgIpc) is 3.48. The topological polar surface area (TPSA) is 101 Å². The number of amides is 2. The highest BCUT2D eigenvalue weighted by molar-refractivity contribution is 5.76. The molecule has 1 aliphatic carbocycles. The van der Waals surface area contributed by atoms with Crippen LogP contribution in [0.25, 0.3) is 0 Å². The van der Waals surface area contributed by atoms with E-state index < -0.39 is 35.8 Å². The number of hydrogen-bond donors (Lipinski definition) is 3. The molecule has 0 aliphatic heterocycles. The summed E-state index contributed by atoms with van der Waals surface area (Å²) in [5.74, 6) is -0.604. The minimum Gasteiger partial charge on any atom is -0.406 e. The monoisotopic (exact) mass is 557 g/mol. The van der Waals surface area contributed by atoms with E-state index in [-0.39, 0.29) is 29.4 Å². The Kier molecular flexibility index (Phi) is 7.93. The van der Waals surface area contributed by atoms with Crippen LogP contribution in [0.3, 0.4) is 0 Å². The lowest BCUT2D eigenvalue weighted by Gasteiger charge is -2.36. The van der Waals surface area contributed by atoms with Gasteiger partial charge in [0.25, 0.3) is 0 Å². The highest BCUT2D eigenvalue weighted by atomic mass is 19.4. The van der Waals surface area contributed by atoms with E-state index in [4.69, 9.17) is 0 Å². The number of urea groups is 1. The van der Waals surface area contributed by atoms with Crippen molar-refractivity contribution in [1.82, 2.24) is 25.8 Å². The van der Waals surface area contributed by atoms with Gasteiger partial charge in [-0.3, -0.25) is 5.10 Å². The first-order chi connectivity index (χ1) is 18.3. The van der Waals surface area contributed by atoms with Crippen LogP contribution in [0.4, 0.5) is 31.1 Å². The van der Waals surface area contributed by atoms with Crippen LogP contribution in [0.2, 0.25) is 0 Å². The Labute approximate surface area is 219 Å². The van der Waals surface area contributed by atoms with Gasteiger partial charge in [0.2, 0.25) is 0 Å². The van der Waals surface area contributed by atoms with Gasteiger partial charge in [0, 0.05) is 12.5 Å². The van der Waals surface area contributed by atoms with Crippen molar-refractivity contribution in [2.75, 3.05) is 0 Å². The Morgan fingerprint density at radius 3 is 1.95 bits per heavy atom. The summed E-state index contributed by atoms with van der Waals surface area (Å²) in [6.07, 6.45) is -6.90. The SMILES string of the molecule is Cc1n[nH]c(CC(NC(=O)NC2CCCC2)(c2cccc(OC(F)(F)F)c2)c2cccc(OC(F)(F)F)c2)n1. The zero-order valence-corrected chi connectivity index (χ0v) is 20.6.